The highest BCUT2D eigenvalue weighted by Gasteiger charge is 2.51. The Bertz CT molecular complexity index is 911. The molecule has 0 aromatic rings. The molecule has 0 bridgehead atoms. The minimum Gasteiger partial charge on any atom is -0.458 e. The van der Waals surface area contributed by atoms with Crippen LogP contribution in [0.2, 0.25) is 0 Å². The maximum Gasteiger partial charge on any atom is 0.334 e. The van der Waals surface area contributed by atoms with Crippen molar-refractivity contribution in [1.82, 2.24) is 0 Å². The molecule has 0 aromatic heterocycles. The van der Waals surface area contributed by atoms with Crippen LogP contribution in [0.1, 0.15) is 85.5 Å². The van der Waals surface area contributed by atoms with E-state index in [1.165, 1.54) is 31.3 Å². The molecule has 0 amide bonds. The van der Waals surface area contributed by atoms with E-state index in [0.717, 1.165) is 30.4 Å². The number of hydrogen-bond donors (Lipinski definition) is 2. The number of ether oxygens (including phenoxy) is 1. The van der Waals surface area contributed by atoms with Gasteiger partial charge in [0.2, 0.25) is 0 Å². The minimum absolute atomic E-state index is 0.0337. The fraction of sp³-hybridized carbons (Fsp3) is 0.710. The van der Waals surface area contributed by atoms with Crippen molar-refractivity contribution >= 4 is 5.97 Å². The lowest BCUT2D eigenvalue weighted by Gasteiger charge is -2.45. The molecule has 0 spiro atoms. The van der Waals surface area contributed by atoms with Crippen LogP contribution < -0.4 is 0 Å². The lowest BCUT2D eigenvalue weighted by molar-refractivity contribution is -0.140. The average Bonchev–Trinajstić information content (AvgIpc) is 3.26. The zero-order valence-electron chi connectivity index (χ0n) is 22.3. The van der Waals surface area contributed by atoms with Gasteiger partial charge in [0.15, 0.2) is 0 Å². The summed E-state index contributed by atoms with van der Waals surface area (Å²) in [6.07, 6.45) is 12.1. The number of fused-ring (bicyclic) bond motifs is 1. The van der Waals surface area contributed by atoms with Crippen molar-refractivity contribution in [3.63, 3.8) is 0 Å². The second-order valence-corrected chi connectivity index (χ2v) is 12.6. The van der Waals surface area contributed by atoms with Crippen molar-refractivity contribution in [2.45, 2.75) is 104 Å². The monoisotopic (exact) mass is 482 g/mol. The molecule has 4 heteroatoms. The normalized spacial score (nSPS) is 41.1. The minimum atomic E-state index is -0.642. The van der Waals surface area contributed by atoms with Gasteiger partial charge in [0.25, 0.3) is 0 Å². The molecule has 3 saturated carbocycles. The number of cyclic esters (lactones) is 1. The van der Waals surface area contributed by atoms with Crippen molar-refractivity contribution < 1.29 is 19.7 Å². The van der Waals surface area contributed by atoms with Crippen LogP contribution >= 0.6 is 0 Å². The standard InChI is InChI=1S/C31H46O4/c1-18(2)14-25-21(5)30(34)35-29(25)15-19(3)26-11-12-27-22(8-7-13-31(26,27)6)9-10-23-16-24(32)17-28(33)20(23)4/h9-10,18-19,24-29,32-33H,4-5,7-8,11-17H2,1-3,6H3/b22-9+,23-10-/t19-,24-,25+,26-,27+,28+,29+,31-/m1/s1. The third-order valence-electron chi connectivity index (χ3n) is 9.74. The van der Waals surface area contributed by atoms with E-state index >= 15 is 0 Å². The second-order valence-electron chi connectivity index (χ2n) is 12.6. The highest BCUT2D eigenvalue weighted by molar-refractivity contribution is 5.90. The zero-order valence-corrected chi connectivity index (χ0v) is 22.3. The van der Waals surface area contributed by atoms with Gasteiger partial charge in [-0.3, -0.25) is 0 Å². The van der Waals surface area contributed by atoms with Gasteiger partial charge in [-0.05, 0) is 91.6 Å². The average molecular weight is 483 g/mol. The Labute approximate surface area is 212 Å². The van der Waals surface area contributed by atoms with Crippen LogP contribution in [0.5, 0.6) is 0 Å². The van der Waals surface area contributed by atoms with Gasteiger partial charge in [0.05, 0.1) is 12.2 Å². The molecule has 0 aromatic carbocycles. The molecule has 8 atom stereocenters. The first-order valence-corrected chi connectivity index (χ1v) is 13.9. The summed E-state index contributed by atoms with van der Waals surface area (Å²) in [5, 5.41) is 20.3. The first-order valence-electron chi connectivity index (χ1n) is 13.9. The van der Waals surface area contributed by atoms with Gasteiger partial charge in [-0.2, -0.15) is 0 Å². The summed E-state index contributed by atoms with van der Waals surface area (Å²) in [4.78, 5) is 12.3. The SMILES string of the molecule is C=C1/C(=C\C=C2/CCC[C@]3(C)[C@@H]([C@H](C)C[C@@H]4OC(=O)C(=C)[C@@H]4CC(C)C)CC[C@@H]23)C[C@@H](O)C[C@@H]1O. The molecule has 2 N–H and O–H groups in total. The lowest BCUT2D eigenvalue weighted by atomic mass is 9.60. The van der Waals surface area contributed by atoms with Crippen LogP contribution in [0.15, 0.2) is 47.6 Å². The molecule has 0 unspecified atom stereocenters. The van der Waals surface area contributed by atoms with Crippen molar-refractivity contribution in [3.8, 4) is 0 Å². The molecular formula is C31H46O4. The van der Waals surface area contributed by atoms with Crippen molar-refractivity contribution in [2.24, 2.45) is 35.0 Å². The van der Waals surface area contributed by atoms with E-state index in [1.54, 1.807) is 0 Å². The Morgan fingerprint density at radius 1 is 1.11 bits per heavy atom. The smallest absolute Gasteiger partial charge is 0.334 e. The van der Waals surface area contributed by atoms with E-state index in [2.05, 4.69) is 53.0 Å². The number of rotatable bonds is 6. The summed E-state index contributed by atoms with van der Waals surface area (Å²) in [7, 11) is 0. The van der Waals surface area contributed by atoms with Crippen LogP contribution in [0, 0.1) is 35.0 Å². The fourth-order valence-electron chi connectivity index (χ4n) is 7.90. The molecule has 4 nitrogen and oxygen atoms in total. The van der Waals surface area contributed by atoms with Gasteiger partial charge in [-0.25, -0.2) is 4.79 Å². The molecular weight excluding hydrogens is 436 g/mol. The van der Waals surface area contributed by atoms with E-state index < -0.39 is 12.2 Å². The molecule has 4 aliphatic rings. The van der Waals surface area contributed by atoms with Crippen LogP contribution in [0.3, 0.4) is 0 Å². The number of hydrogen-bond acceptors (Lipinski definition) is 4. The van der Waals surface area contributed by atoms with E-state index in [1.807, 2.05) is 0 Å². The fourth-order valence-corrected chi connectivity index (χ4v) is 7.90. The number of carbonyl (C=O) groups is 1. The summed E-state index contributed by atoms with van der Waals surface area (Å²) in [6.45, 7) is 17.4. The summed E-state index contributed by atoms with van der Waals surface area (Å²) in [5.41, 5.74) is 4.19. The quantitative estimate of drug-likeness (QED) is 0.344. The molecule has 0 radical (unpaired) electrons. The predicted molar refractivity (Wildman–Crippen MR) is 140 cm³/mol. The summed E-state index contributed by atoms with van der Waals surface area (Å²) in [6, 6.07) is 0. The van der Waals surface area contributed by atoms with Gasteiger partial charge >= 0.3 is 5.97 Å². The largest absolute Gasteiger partial charge is 0.458 e. The van der Waals surface area contributed by atoms with Crippen molar-refractivity contribution in [1.29, 1.82) is 0 Å². The summed E-state index contributed by atoms with van der Waals surface area (Å²) >= 11 is 0. The van der Waals surface area contributed by atoms with Gasteiger partial charge in [0, 0.05) is 17.9 Å². The van der Waals surface area contributed by atoms with Crippen molar-refractivity contribution in [2.75, 3.05) is 0 Å². The molecule has 1 heterocycles. The predicted octanol–water partition coefficient (Wildman–Crippen LogP) is 6.30. The number of carbonyl (C=O) groups excluding carboxylic acids is 1. The Hall–Kier alpha value is -1.65. The summed E-state index contributed by atoms with van der Waals surface area (Å²) < 4.78 is 5.83. The van der Waals surface area contributed by atoms with E-state index in [-0.39, 0.29) is 23.4 Å². The van der Waals surface area contributed by atoms with Crippen LogP contribution in [-0.4, -0.2) is 34.5 Å². The topological polar surface area (TPSA) is 66.8 Å². The first-order chi connectivity index (χ1) is 16.5. The van der Waals surface area contributed by atoms with Gasteiger partial charge in [-0.1, -0.05) is 58.6 Å². The molecule has 35 heavy (non-hydrogen) atoms. The van der Waals surface area contributed by atoms with E-state index in [0.29, 0.717) is 42.1 Å². The zero-order chi connectivity index (χ0) is 25.5. The number of aliphatic hydroxyl groups excluding tert-OH is 2. The Morgan fingerprint density at radius 2 is 1.86 bits per heavy atom. The van der Waals surface area contributed by atoms with Gasteiger partial charge < -0.3 is 14.9 Å². The number of esters is 1. The highest BCUT2D eigenvalue weighted by Crippen LogP contribution is 2.60. The molecule has 1 saturated heterocycles. The molecule has 194 valence electrons. The number of allylic oxidation sites excluding steroid dienone is 3. The first kappa shape index (κ1) is 26.4. The number of aliphatic hydroxyl groups is 2. The van der Waals surface area contributed by atoms with Crippen LogP contribution in [0.4, 0.5) is 0 Å². The van der Waals surface area contributed by atoms with Crippen molar-refractivity contribution in [3.05, 3.63) is 47.6 Å². The van der Waals surface area contributed by atoms with Gasteiger partial charge in [-0.15, -0.1) is 0 Å². The molecule has 4 rings (SSSR count). The molecule has 1 aliphatic heterocycles. The highest BCUT2D eigenvalue weighted by atomic mass is 16.6. The Kier molecular flexibility index (Phi) is 7.83. The van der Waals surface area contributed by atoms with Crippen LogP contribution in [-0.2, 0) is 9.53 Å². The van der Waals surface area contributed by atoms with E-state index in [9.17, 15) is 15.0 Å². The lowest BCUT2D eigenvalue weighted by Crippen LogP contribution is -2.37. The van der Waals surface area contributed by atoms with E-state index in [4.69, 9.17) is 4.74 Å². The maximum atomic E-state index is 12.3. The van der Waals surface area contributed by atoms with Crippen LogP contribution in [0.25, 0.3) is 0 Å². The second kappa shape index (κ2) is 10.4. The molecule has 4 fully saturated rings. The molecule has 3 aliphatic carbocycles. The Morgan fingerprint density at radius 3 is 2.57 bits per heavy atom. The maximum absolute atomic E-state index is 12.3. The Balaban J connectivity index is 1.48. The summed E-state index contributed by atoms with van der Waals surface area (Å²) in [5.74, 6) is 2.14. The third-order valence-corrected chi connectivity index (χ3v) is 9.74. The van der Waals surface area contributed by atoms with Gasteiger partial charge in [0.1, 0.15) is 6.10 Å². The third kappa shape index (κ3) is 5.25.